The van der Waals surface area contributed by atoms with Gasteiger partial charge in [-0.05, 0) is 94.2 Å². The van der Waals surface area contributed by atoms with Gasteiger partial charge in [0.15, 0.2) is 5.65 Å². The molecular weight excluding hydrogens is 767 g/mol. The molecule has 0 spiro atoms. The summed E-state index contributed by atoms with van der Waals surface area (Å²) in [7, 11) is 0. The number of hydrogen-bond acceptors (Lipinski definition) is 2. The first-order valence-corrected chi connectivity index (χ1v) is 21.4. The molecule has 0 saturated heterocycles. The molecule has 0 aliphatic rings. The number of nitrogens with zero attached hydrogens (tertiary/aromatic N) is 5. The van der Waals surface area contributed by atoms with E-state index in [4.69, 9.17) is 9.97 Å². The van der Waals surface area contributed by atoms with Crippen LogP contribution in [0.4, 0.5) is 0 Å². The van der Waals surface area contributed by atoms with Crippen LogP contribution in [0.15, 0.2) is 225 Å². The molecule has 0 fully saturated rings. The highest BCUT2D eigenvalue weighted by molar-refractivity contribution is 6.11. The first kappa shape index (κ1) is 35.2. The van der Waals surface area contributed by atoms with Crippen molar-refractivity contribution < 1.29 is 0 Å². The van der Waals surface area contributed by atoms with Gasteiger partial charge in [-0.3, -0.25) is 4.57 Å². The summed E-state index contributed by atoms with van der Waals surface area (Å²) < 4.78 is 7.03. The van der Waals surface area contributed by atoms with Crippen molar-refractivity contribution in [3.05, 3.63) is 225 Å². The van der Waals surface area contributed by atoms with Crippen molar-refractivity contribution in [2.45, 2.75) is 0 Å². The standard InChI is InChI=1S/C58H37N5/c1-2-16-44(17-3-1)63-57(60-56-47(32-33-59-58(56)63)42-31-28-38-14-4-5-15-41(38)34-42)40-29-26-39(27-30-40)43-35-45(61-52-22-10-6-18-48(52)49-19-7-11-23-53(49)61)37-46(36-43)62-54-24-12-8-20-50(54)51-21-9-13-25-55(51)62/h1-37H. The van der Waals surface area contributed by atoms with Gasteiger partial charge in [-0.1, -0.05) is 152 Å². The van der Waals surface area contributed by atoms with Gasteiger partial charge in [0, 0.05) is 55.9 Å². The number of benzene rings is 9. The number of fused-ring (bicyclic) bond motifs is 8. The lowest BCUT2D eigenvalue weighted by Gasteiger charge is -2.16. The van der Waals surface area contributed by atoms with Crippen molar-refractivity contribution in [3.8, 4) is 50.7 Å². The summed E-state index contributed by atoms with van der Waals surface area (Å²) in [5, 5.41) is 7.36. The minimum atomic E-state index is 0.820. The van der Waals surface area contributed by atoms with Crippen LogP contribution in [0.5, 0.6) is 0 Å². The zero-order chi connectivity index (χ0) is 41.4. The third kappa shape index (κ3) is 5.57. The quantitative estimate of drug-likeness (QED) is 0.168. The van der Waals surface area contributed by atoms with E-state index in [2.05, 4.69) is 226 Å². The van der Waals surface area contributed by atoms with Crippen molar-refractivity contribution in [1.82, 2.24) is 23.7 Å². The summed E-state index contributed by atoms with van der Waals surface area (Å²) in [5.41, 5.74) is 15.0. The molecule has 13 rings (SSSR count). The van der Waals surface area contributed by atoms with Gasteiger partial charge in [-0.2, -0.15) is 0 Å². The Bertz CT molecular complexity index is 3670. The Morgan fingerprint density at radius 2 is 0.810 bits per heavy atom. The molecule has 0 radical (unpaired) electrons. The van der Waals surface area contributed by atoms with Gasteiger partial charge in [0.25, 0.3) is 0 Å². The fraction of sp³-hybridized carbons (Fsp3) is 0. The maximum absolute atomic E-state index is 5.42. The molecule has 5 nitrogen and oxygen atoms in total. The smallest absolute Gasteiger partial charge is 0.165 e. The second-order valence-corrected chi connectivity index (χ2v) is 16.3. The van der Waals surface area contributed by atoms with Crippen molar-refractivity contribution in [3.63, 3.8) is 0 Å². The van der Waals surface area contributed by atoms with Crippen LogP contribution in [0.2, 0.25) is 0 Å². The average Bonchev–Trinajstić information content (AvgIpc) is 4.02. The fourth-order valence-corrected chi connectivity index (χ4v) is 9.81. The number of rotatable bonds is 6. The predicted octanol–water partition coefficient (Wildman–Crippen LogP) is 14.8. The summed E-state index contributed by atoms with van der Waals surface area (Å²) in [6.45, 7) is 0. The molecule has 5 heteroatoms. The molecular formula is C58H37N5. The lowest BCUT2D eigenvalue weighted by atomic mass is 10.0. The molecule has 294 valence electrons. The SMILES string of the molecule is c1ccc(-n2c(-c3ccc(-c4cc(-n5c6ccccc6c6ccccc65)cc(-n5c6ccccc6c6ccccc65)c4)cc3)nc3c(-c4ccc5ccccc5c4)ccnc32)cc1. The first-order valence-electron chi connectivity index (χ1n) is 21.4. The van der Waals surface area contributed by atoms with Crippen molar-refractivity contribution in [2.75, 3.05) is 0 Å². The van der Waals surface area contributed by atoms with Gasteiger partial charge in [0.2, 0.25) is 0 Å². The molecule has 13 aromatic rings. The zero-order valence-electron chi connectivity index (χ0n) is 34.1. The van der Waals surface area contributed by atoms with Gasteiger partial charge in [-0.15, -0.1) is 0 Å². The minimum absolute atomic E-state index is 0.820. The molecule has 0 unspecified atom stereocenters. The molecule has 0 atom stereocenters. The van der Waals surface area contributed by atoms with Crippen LogP contribution in [-0.4, -0.2) is 23.7 Å². The van der Waals surface area contributed by atoms with Gasteiger partial charge >= 0.3 is 0 Å². The van der Waals surface area contributed by atoms with Crippen LogP contribution in [0.3, 0.4) is 0 Å². The Kier molecular flexibility index (Phi) is 7.84. The Balaban J connectivity index is 1.01. The summed E-state index contributed by atoms with van der Waals surface area (Å²) >= 11 is 0. The van der Waals surface area contributed by atoms with E-state index >= 15 is 0 Å². The van der Waals surface area contributed by atoms with E-state index in [0.29, 0.717) is 0 Å². The first-order chi connectivity index (χ1) is 31.2. The third-order valence-corrected chi connectivity index (χ3v) is 12.7. The molecule has 0 saturated carbocycles. The highest BCUT2D eigenvalue weighted by Crippen LogP contribution is 2.39. The summed E-state index contributed by atoms with van der Waals surface area (Å²) in [5.74, 6) is 0.841. The molecule has 0 aliphatic heterocycles. The number of hydrogen-bond donors (Lipinski definition) is 0. The Hall–Kier alpha value is -8.54. The maximum atomic E-state index is 5.42. The van der Waals surface area contributed by atoms with Gasteiger partial charge < -0.3 is 9.13 Å². The zero-order valence-corrected chi connectivity index (χ0v) is 34.1. The topological polar surface area (TPSA) is 40.6 Å². The largest absolute Gasteiger partial charge is 0.309 e. The number of pyridine rings is 1. The highest BCUT2D eigenvalue weighted by Gasteiger charge is 2.21. The van der Waals surface area contributed by atoms with Crippen LogP contribution in [0, 0.1) is 0 Å². The van der Waals surface area contributed by atoms with Gasteiger partial charge in [0.05, 0.1) is 22.1 Å². The van der Waals surface area contributed by atoms with E-state index in [1.54, 1.807) is 0 Å². The average molecular weight is 804 g/mol. The highest BCUT2D eigenvalue weighted by atomic mass is 15.1. The normalized spacial score (nSPS) is 11.8. The number of aromatic nitrogens is 5. The van der Waals surface area contributed by atoms with Crippen molar-refractivity contribution in [2.24, 2.45) is 0 Å². The minimum Gasteiger partial charge on any atom is -0.309 e. The van der Waals surface area contributed by atoms with Crippen LogP contribution in [-0.2, 0) is 0 Å². The molecule has 9 aromatic carbocycles. The Morgan fingerprint density at radius 1 is 0.317 bits per heavy atom. The number of para-hydroxylation sites is 5. The van der Waals surface area contributed by atoms with Crippen LogP contribution in [0.1, 0.15) is 0 Å². The summed E-state index contributed by atoms with van der Waals surface area (Å²) in [6, 6.07) is 78.5. The Labute approximate surface area is 363 Å². The second-order valence-electron chi connectivity index (χ2n) is 16.3. The fourth-order valence-electron chi connectivity index (χ4n) is 9.81. The molecule has 0 aliphatic carbocycles. The molecule has 63 heavy (non-hydrogen) atoms. The van der Waals surface area contributed by atoms with Crippen molar-refractivity contribution >= 4 is 65.5 Å². The monoisotopic (exact) mass is 803 g/mol. The summed E-state index contributed by atoms with van der Waals surface area (Å²) in [6.07, 6.45) is 1.90. The van der Waals surface area contributed by atoms with E-state index in [1.165, 1.54) is 54.4 Å². The van der Waals surface area contributed by atoms with Crippen LogP contribution in [0.25, 0.3) is 116 Å². The third-order valence-electron chi connectivity index (χ3n) is 12.7. The number of imidazole rings is 1. The molecule has 4 heterocycles. The van der Waals surface area contributed by atoms with Crippen molar-refractivity contribution in [1.29, 1.82) is 0 Å². The molecule has 0 amide bonds. The van der Waals surface area contributed by atoms with E-state index in [0.717, 1.165) is 61.9 Å². The Morgan fingerprint density at radius 3 is 1.40 bits per heavy atom. The van der Waals surface area contributed by atoms with E-state index in [9.17, 15) is 0 Å². The predicted molar refractivity (Wildman–Crippen MR) is 261 cm³/mol. The molecule has 4 aromatic heterocycles. The molecule has 0 N–H and O–H groups in total. The van der Waals surface area contributed by atoms with Crippen LogP contribution >= 0.6 is 0 Å². The lowest BCUT2D eigenvalue weighted by molar-refractivity contribution is 1.08. The van der Waals surface area contributed by atoms with Gasteiger partial charge in [-0.25, -0.2) is 9.97 Å². The summed E-state index contributed by atoms with van der Waals surface area (Å²) in [4.78, 5) is 10.4. The maximum Gasteiger partial charge on any atom is 0.165 e. The van der Waals surface area contributed by atoms with Crippen LogP contribution < -0.4 is 0 Å². The van der Waals surface area contributed by atoms with E-state index in [-0.39, 0.29) is 0 Å². The van der Waals surface area contributed by atoms with E-state index < -0.39 is 0 Å². The van der Waals surface area contributed by atoms with E-state index in [1.807, 2.05) is 12.3 Å². The second kappa shape index (κ2) is 14.0. The molecule has 0 bridgehead atoms. The van der Waals surface area contributed by atoms with Gasteiger partial charge in [0.1, 0.15) is 11.3 Å². The lowest BCUT2D eigenvalue weighted by Crippen LogP contribution is -2.00.